The number of halogens is 4. The van der Waals surface area contributed by atoms with E-state index in [0.717, 1.165) is 35.1 Å². The lowest BCUT2D eigenvalue weighted by Crippen LogP contribution is -2.53. The molecule has 0 aliphatic heterocycles. The van der Waals surface area contributed by atoms with Gasteiger partial charge in [0.2, 0.25) is 21.8 Å². The van der Waals surface area contributed by atoms with E-state index in [2.05, 4.69) is 5.32 Å². The number of rotatable bonds is 11. The largest absolute Gasteiger partial charge is 0.417 e. The van der Waals surface area contributed by atoms with E-state index in [0.29, 0.717) is 10.4 Å². The summed E-state index contributed by atoms with van der Waals surface area (Å²) >= 11 is 5.74. The van der Waals surface area contributed by atoms with Crippen molar-refractivity contribution in [3.05, 3.63) is 100 Å². The molecule has 3 rings (SSSR count). The Bertz CT molecular complexity index is 1480. The Morgan fingerprint density at radius 1 is 1.00 bits per heavy atom. The number of anilines is 1. The number of carbonyl (C=O) groups excluding carboxylic acids is 2. The predicted octanol–water partition coefficient (Wildman–Crippen LogP) is 5.21. The Kier molecular flexibility index (Phi) is 10.4. The molecule has 1 unspecified atom stereocenters. The molecule has 0 saturated carbocycles. The van der Waals surface area contributed by atoms with Gasteiger partial charge in [0.1, 0.15) is 12.6 Å². The van der Waals surface area contributed by atoms with Gasteiger partial charge in [0.25, 0.3) is 0 Å². The Labute approximate surface area is 243 Å². The van der Waals surface area contributed by atoms with Crippen molar-refractivity contribution in [2.45, 2.75) is 39.0 Å². The molecule has 1 N–H and O–H groups in total. The number of benzene rings is 3. The molecule has 1 atom stereocenters. The maximum atomic E-state index is 14.0. The number of nitrogens with zero attached hydrogens (tertiary/aromatic N) is 2. The van der Waals surface area contributed by atoms with Crippen molar-refractivity contribution in [2.75, 3.05) is 23.7 Å². The molecule has 220 valence electrons. The van der Waals surface area contributed by atoms with E-state index >= 15 is 0 Å². The zero-order valence-corrected chi connectivity index (χ0v) is 24.4. The molecule has 0 bridgehead atoms. The van der Waals surface area contributed by atoms with Crippen molar-refractivity contribution in [1.29, 1.82) is 0 Å². The molecule has 7 nitrogen and oxygen atoms in total. The van der Waals surface area contributed by atoms with Crippen LogP contribution in [0.15, 0.2) is 72.8 Å². The SMILES string of the molecule is CCNC(=O)C(Cc1ccccc1)N(Cc1ccccc1C)C(=O)CN(c1ccc(Cl)c(C(F)(F)F)c1)S(C)(=O)=O. The van der Waals surface area contributed by atoms with Crippen LogP contribution in [0.2, 0.25) is 5.02 Å². The van der Waals surface area contributed by atoms with E-state index < -0.39 is 51.2 Å². The number of sulfonamides is 1. The average Bonchev–Trinajstić information content (AvgIpc) is 2.90. The third kappa shape index (κ3) is 8.46. The molecule has 41 heavy (non-hydrogen) atoms. The lowest BCUT2D eigenvalue weighted by molar-refractivity contribution is -0.140. The van der Waals surface area contributed by atoms with Gasteiger partial charge in [-0.3, -0.25) is 13.9 Å². The number of hydrogen-bond donors (Lipinski definition) is 1. The standard InChI is InChI=1S/C29H31ClF3N3O4S/c1-4-34-28(38)26(16-21-11-6-5-7-12-21)35(18-22-13-9-8-10-20(22)2)27(37)19-36(41(3,39)40)23-14-15-25(30)24(17-23)29(31,32)33/h5-15,17,26H,4,16,18-19H2,1-3H3,(H,34,38). The number of carbonyl (C=O) groups is 2. The third-order valence-electron chi connectivity index (χ3n) is 6.45. The number of amides is 2. The van der Waals surface area contributed by atoms with Crippen LogP contribution in [0.1, 0.15) is 29.2 Å². The van der Waals surface area contributed by atoms with E-state index in [4.69, 9.17) is 11.6 Å². The van der Waals surface area contributed by atoms with Gasteiger partial charge in [-0.1, -0.05) is 66.2 Å². The Morgan fingerprint density at radius 3 is 2.22 bits per heavy atom. The monoisotopic (exact) mass is 609 g/mol. The van der Waals surface area contributed by atoms with Gasteiger partial charge >= 0.3 is 6.18 Å². The number of hydrogen-bond acceptors (Lipinski definition) is 4. The first-order valence-corrected chi connectivity index (χ1v) is 14.9. The molecule has 0 radical (unpaired) electrons. The molecule has 0 aliphatic rings. The molecule has 12 heteroatoms. The van der Waals surface area contributed by atoms with Crippen LogP contribution in [-0.4, -0.2) is 50.5 Å². The summed E-state index contributed by atoms with van der Waals surface area (Å²) in [4.78, 5) is 28.6. The fourth-order valence-electron chi connectivity index (χ4n) is 4.32. The van der Waals surface area contributed by atoms with Gasteiger partial charge in [0.05, 0.1) is 22.5 Å². The minimum Gasteiger partial charge on any atom is -0.355 e. The summed E-state index contributed by atoms with van der Waals surface area (Å²) in [5, 5.41) is 2.13. The highest BCUT2D eigenvalue weighted by atomic mass is 35.5. The third-order valence-corrected chi connectivity index (χ3v) is 7.92. The van der Waals surface area contributed by atoms with Crippen LogP contribution >= 0.6 is 11.6 Å². The van der Waals surface area contributed by atoms with Gasteiger partial charge in [-0.05, 0) is 48.7 Å². The fraction of sp³-hybridized carbons (Fsp3) is 0.310. The molecule has 0 aromatic heterocycles. The van der Waals surface area contributed by atoms with Gasteiger partial charge in [-0.15, -0.1) is 0 Å². The molecule has 0 aliphatic carbocycles. The number of aryl methyl sites for hydroxylation is 1. The Hall–Kier alpha value is -3.57. The summed E-state index contributed by atoms with van der Waals surface area (Å²) in [7, 11) is -4.24. The predicted molar refractivity (Wildman–Crippen MR) is 153 cm³/mol. The van der Waals surface area contributed by atoms with Crippen molar-refractivity contribution in [1.82, 2.24) is 10.2 Å². The first-order chi connectivity index (χ1) is 19.2. The highest BCUT2D eigenvalue weighted by molar-refractivity contribution is 7.92. The Balaban J connectivity index is 2.09. The zero-order valence-electron chi connectivity index (χ0n) is 22.8. The molecule has 0 fully saturated rings. The van der Waals surface area contributed by atoms with Crippen LogP contribution in [0.5, 0.6) is 0 Å². The van der Waals surface area contributed by atoms with Crippen LogP contribution in [0.25, 0.3) is 0 Å². The second-order valence-corrected chi connectivity index (χ2v) is 11.8. The van der Waals surface area contributed by atoms with E-state index in [1.54, 1.807) is 43.3 Å². The van der Waals surface area contributed by atoms with Gasteiger partial charge in [0, 0.05) is 19.5 Å². The fourth-order valence-corrected chi connectivity index (χ4v) is 5.38. The smallest absolute Gasteiger partial charge is 0.355 e. The van der Waals surface area contributed by atoms with Gasteiger partial charge < -0.3 is 10.2 Å². The van der Waals surface area contributed by atoms with Crippen LogP contribution in [0.3, 0.4) is 0 Å². The Morgan fingerprint density at radius 2 is 1.63 bits per heavy atom. The van der Waals surface area contributed by atoms with Gasteiger partial charge in [-0.2, -0.15) is 13.2 Å². The maximum absolute atomic E-state index is 14.0. The molecular formula is C29H31ClF3N3O4S. The summed E-state index contributed by atoms with van der Waals surface area (Å²) in [6.45, 7) is 2.98. The van der Waals surface area contributed by atoms with Crippen LogP contribution in [0.4, 0.5) is 18.9 Å². The minimum absolute atomic E-state index is 0.0356. The minimum atomic E-state index is -4.85. The van der Waals surface area contributed by atoms with Crippen molar-refractivity contribution in [3.63, 3.8) is 0 Å². The lowest BCUT2D eigenvalue weighted by Gasteiger charge is -2.34. The molecular weight excluding hydrogens is 579 g/mol. The second-order valence-electron chi connectivity index (χ2n) is 9.48. The molecule has 3 aromatic rings. The summed E-state index contributed by atoms with van der Waals surface area (Å²) in [6.07, 6.45) is -3.93. The van der Waals surface area contributed by atoms with Crippen molar-refractivity contribution < 1.29 is 31.2 Å². The first kappa shape index (κ1) is 32.0. The van der Waals surface area contributed by atoms with E-state index in [1.807, 2.05) is 25.1 Å². The molecule has 0 heterocycles. The van der Waals surface area contributed by atoms with E-state index in [1.165, 1.54) is 4.90 Å². The summed E-state index contributed by atoms with van der Waals surface area (Å²) < 4.78 is 66.9. The van der Waals surface area contributed by atoms with Crippen molar-refractivity contribution >= 4 is 39.1 Å². The van der Waals surface area contributed by atoms with Crippen LogP contribution in [0, 0.1) is 6.92 Å². The van der Waals surface area contributed by atoms with E-state index in [-0.39, 0.29) is 25.2 Å². The molecule has 0 spiro atoms. The molecule has 2 amide bonds. The number of nitrogens with one attached hydrogen (secondary N) is 1. The van der Waals surface area contributed by atoms with Crippen molar-refractivity contribution in [3.8, 4) is 0 Å². The van der Waals surface area contributed by atoms with Crippen molar-refractivity contribution in [2.24, 2.45) is 0 Å². The van der Waals surface area contributed by atoms with Gasteiger partial charge in [0.15, 0.2) is 0 Å². The highest BCUT2D eigenvalue weighted by Crippen LogP contribution is 2.37. The summed E-state index contributed by atoms with van der Waals surface area (Å²) in [5.74, 6) is -1.22. The van der Waals surface area contributed by atoms with Crippen LogP contribution in [-0.2, 0) is 38.8 Å². The zero-order chi connectivity index (χ0) is 30.4. The number of likely N-dealkylation sites (N-methyl/N-ethyl adjacent to an activating group) is 1. The summed E-state index contributed by atoms with van der Waals surface area (Å²) in [5.41, 5.74) is 0.704. The average molecular weight is 610 g/mol. The first-order valence-electron chi connectivity index (χ1n) is 12.7. The van der Waals surface area contributed by atoms with Crippen LogP contribution < -0.4 is 9.62 Å². The lowest BCUT2D eigenvalue weighted by atomic mass is 10.0. The van der Waals surface area contributed by atoms with E-state index in [9.17, 15) is 31.2 Å². The van der Waals surface area contributed by atoms with Gasteiger partial charge in [-0.25, -0.2) is 8.42 Å². The topological polar surface area (TPSA) is 86.8 Å². The maximum Gasteiger partial charge on any atom is 0.417 e. The number of alkyl halides is 3. The summed E-state index contributed by atoms with van der Waals surface area (Å²) in [6, 6.07) is 17.8. The molecule has 0 saturated heterocycles. The second kappa shape index (κ2) is 13.4. The quantitative estimate of drug-likeness (QED) is 0.323. The highest BCUT2D eigenvalue weighted by Gasteiger charge is 2.36. The molecule has 3 aromatic carbocycles. The normalized spacial score (nSPS) is 12.5.